The summed E-state index contributed by atoms with van der Waals surface area (Å²) >= 11 is 0. The molecule has 112 valence electrons. The molecule has 4 heteroatoms. The lowest BCUT2D eigenvalue weighted by Gasteiger charge is -2.31. The molecule has 0 radical (unpaired) electrons. The molecule has 0 amide bonds. The van der Waals surface area contributed by atoms with Crippen molar-refractivity contribution in [3.05, 3.63) is 35.6 Å². The van der Waals surface area contributed by atoms with E-state index in [4.69, 9.17) is 0 Å². The van der Waals surface area contributed by atoms with Gasteiger partial charge in [0.25, 0.3) is 0 Å². The SMILES string of the molecule is CCN1CCC(CNCC(O)c2ccccc2F)CC1. The van der Waals surface area contributed by atoms with Crippen LogP contribution in [0.2, 0.25) is 0 Å². The van der Waals surface area contributed by atoms with Crippen molar-refractivity contribution in [3.63, 3.8) is 0 Å². The first-order valence-electron chi connectivity index (χ1n) is 7.56. The second-order valence-corrected chi connectivity index (χ2v) is 5.57. The number of hydrogen-bond donors (Lipinski definition) is 2. The molecule has 1 fully saturated rings. The van der Waals surface area contributed by atoms with Crippen molar-refractivity contribution in [2.45, 2.75) is 25.9 Å². The first-order valence-corrected chi connectivity index (χ1v) is 7.56. The minimum atomic E-state index is -0.771. The number of piperidine rings is 1. The predicted octanol–water partition coefficient (Wildman–Crippen LogP) is 2.18. The Morgan fingerprint density at radius 2 is 2.05 bits per heavy atom. The molecule has 1 heterocycles. The number of nitrogens with one attached hydrogen (secondary N) is 1. The quantitative estimate of drug-likeness (QED) is 0.838. The molecule has 0 spiro atoms. The van der Waals surface area contributed by atoms with Gasteiger partial charge >= 0.3 is 0 Å². The highest BCUT2D eigenvalue weighted by atomic mass is 19.1. The van der Waals surface area contributed by atoms with Gasteiger partial charge in [0, 0.05) is 12.1 Å². The molecular weight excluding hydrogens is 255 g/mol. The Morgan fingerprint density at radius 3 is 2.70 bits per heavy atom. The van der Waals surface area contributed by atoms with Crippen LogP contribution in [0.25, 0.3) is 0 Å². The molecule has 1 atom stereocenters. The topological polar surface area (TPSA) is 35.5 Å². The van der Waals surface area contributed by atoms with Crippen LogP contribution in [0.3, 0.4) is 0 Å². The van der Waals surface area contributed by atoms with Gasteiger partial charge < -0.3 is 15.3 Å². The van der Waals surface area contributed by atoms with Crippen molar-refractivity contribution >= 4 is 0 Å². The van der Waals surface area contributed by atoms with E-state index in [1.807, 2.05) is 0 Å². The Morgan fingerprint density at radius 1 is 1.35 bits per heavy atom. The molecule has 1 aromatic rings. The first-order chi connectivity index (χ1) is 9.70. The van der Waals surface area contributed by atoms with E-state index in [0.717, 1.165) is 13.1 Å². The number of benzene rings is 1. The average Bonchev–Trinajstić information content (AvgIpc) is 2.48. The fourth-order valence-electron chi connectivity index (χ4n) is 2.79. The van der Waals surface area contributed by atoms with E-state index >= 15 is 0 Å². The summed E-state index contributed by atoms with van der Waals surface area (Å²) in [6.07, 6.45) is 1.64. The van der Waals surface area contributed by atoms with Crippen molar-refractivity contribution in [2.24, 2.45) is 5.92 Å². The lowest BCUT2D eigenvalue weighted by Crippen LogP contribution is -2.37. The maximum absolute atomic E-state index is 13.5. The monoisotopic (exact) mass is 280 g/mol. The van der Waals surface area contributed by atoms with Crippen LogP contribution in [0.15, 0.2) is 24.3 Å². The molecule has 1 saturated heterocycles. The standard InChI is InChI=1S/C16H25FN2O/c1-2-19-9-7-13(8-10-19)11-18-12-16(20)14-5-3-4-6-15(14)17/h3-6,13,16,18,20H,2,7-12H2,1H3. The van der Waals surface area contributed by atoms with Gasteiger partial charge in [-0.15, -0.1) is 0 Å². The van der Waals surface area contributed by atoms with Crippen LogP contribution >= 0.6 is 0 Å². The Labute approximate surface area is 120 Å². The van der Waals surface area contributed by atoms with Crippen molar-refractivity contribution in [1.82, 2.24) is 10.2 Å². The Hall–Kier alpha value is -0.970. The molecule has 1 aromatic carbocycles. The van der Waals surface area contributed by atoms with Crippen molar-refractivity contribution in [1.29, 1.82) is 0 Å². The third-order valence-electron chi connectivity index (χ3n) is 4.19. The van der Waals surface area contributed by atoms with Gasteiger partial charge in [-0.05, 0) is 51.0 Å². The van der Waals surface area contributed by atoms with Crippen LogP contribution in [-0.4, -0.2) is 42.7 Å². The Bertz CT molecular complexity index is 405. The zero-order valence-electron chi connectivity index (χ0n) is 12.2. The molecule has 1 aliphatic rings. The van der Waals surface area contributed by atoms with Crippen molar-refractivity contribution in [3.8, 4) is 0 Å². The van der Waals surface area contributed by atoms with Crippen LogP contribution in [0.4, 0.5) is 4.39 Å². The summed E-state index contributed by atoms with van der Waals surface area (Å²) in [6.45, 7) is 6.98. The first kappa shape index (κ1) is 15.4. The van der Waals surface area contributed by atoms with Crippen LogP contribution in [0, 0.1) is 11.7 Å². The lowest BCUT2D eigenvalue weighted by molar-refractivity contribution is 0.158. The molecule has 2 rings (SSSR count). The van der Waals surface area contributed by atoms with Crippen molar-refractivity contribution in [2.75, 3.05) is 32.7 Å². The van der Waals surface area contributed by atoms with Crippen LogP contribution in [-0.2, 0) is 0 Å². The van der Waals surface area contributed by atoms with Gasteiger partial charge in [-0.3, -0.25) is 0 Å². The molecule has 0 aromatic heterocycles. The second-order valence-electron chi connectivity index (χ2n) is 5.57. The normalized spacial score (nSPS) is 19.1. The maximum Gasteiger partial charge on any atom is 0.129 e. The van der Waals surface area contributed by atoms with E-state index in [9.17, 15) is 9.50 Å². The predicted molar refractivity (Wildman–Crippen MR) is 79.1 cm³/mol. The van der Waals surface area contributed by atoms with Gasteiger partial charge in [-0.1, -0.05) is 25.1 Å². The number of aliphatic hydroxyl groups is 1. The highest BCUT2D eigenvalue weighted by Crippen LogP contribution is 2.18. The molecular formula is C16H25FN2O. The molecule has 3 nitrogen and oxygen atoms in total. The summed E-state index contributed by atoms with van der Waals surface area (Å²) in [4.78, 5) is 2.46. The van der Waals surface area contributed by atoms with Crippen LogP contribution in [0.5, 0.6) is 0 Å². The van der Waals surface area contributed by atoms with E-state index in [2.05, 4.69) is 17.1 Å². The maximum atomic E-state index is 13.5. The molecule has 0 saturated carbocycles. The highest BCUT2D eigenvalue weighted by Gasteiger charge is 2.18. The zero-order chi connectivity index (χ0) is 14.4. The highest BCUT2D eigenvalue weighted by molar-refractivity contribution is 5.19. The number of rotatable bonds is 6. The fourth-order valence-corrected chi connectivity index (χ4v) is 2.79. The molecule has 20 heavy (non-hydrogen) atoms. The summed E-state index contributed by atoms with van der Waals surface area (Å²) in [5, 5.41) is 13.3. The molecule has 1 unspecified atom stereocenters. The second kappa shape index (κ2) is 7.72. The average molecular weight is 280 g/mol. The number of nitrogens with zero attached hydrogens (tertiary/aromatic N) is 1. The van der Waals surface area contributed by atoms with Gasteiger partial charge in [-0.2, -0.15) is 0 Å². The minimum absolute atomic E-state index is 0.335. The fraction of sp³-hybridized carbons (Fsp3) is 0.625. The Kier molecular flexibility index (Phi) is 5.95. The third-order valence-corrected chi connectivity index (χ3v) is 4.19. The van der Waals surface area contributed by atoms with Gasteiger partial charge in [0.2, 0.25) is 0 Å². The summed E-state index contributed by atoms with van der Waals surface area (Å²) < 4.78 is 13.5. The van der Waals surface area contributed by atoms with E-state index in [-0.39, 0.29) is 5.82 Å². The molecule has 0 aliphatic carbocycles. The van der Waals surface area contributed by atoms with E-state index < -0.39 is 6.10 Å². The summed E-state index contributed by atoms with van der Waals surface area (Å²) in [6, 6.07) is 6.42. The van der Waals surface area contributed by atoms with Crippen LogP contribution < -0.4 is 5.32 Å². The number of aliphatic hydroxyl groups excluding tert-OH is 1. The third kappa shape index (κ3) is 4.27. The molecule has 0 bridgehead atoms. The molecule has 1 aliphatic heterocycles. The van der Waals surface area contributed by atoms with Gasteiger partial charge in [0.1, 0.15) is 5.82 Å². The zero-order valence-corrected chi connectivity index (χ0v) is 12.2. The van der Waals surface area contributed by atoms with Gasteiger partial charge in [-0.25, -0.2) is 4.39 Å². The number of likely N-dealkylation sites (tertiary alicyclic amines) is 1. The smallest absolute Gasteiger partial charge is 0.129 e. The Balaban J connectivity index is 1.70. The lowest BCUT2D eigenvalue weighted by atomic mass is 9.96. The largest absolute Gasteiger partial charge is 0.387 e. The summed E-state index contributed by atoms with van der Waals surface area (Å²) in [5.74, 6) is 0.337. The minimum Gasteiger partial charge on any atom is -0.387 e. The van der Waals surface area contributed by atoms with Gasteiger partial charge in [0.05, 0.1) is 6.10 Å². The van der Waals surface area contributed by atoms with Gasteiger partial charge in [0.15, 0.2) is 0 Å². The number of halogens is 1. The van der Waals surface area contributed by atoms with E-state index in [0.29, 0.717) is 18.0 Å². The van der Waals surface area contributed by atoms with Crippen molar-refractivity contribution < 1.29 is 9.50 Å². The van der Waals surface area contributed by atoms with E-state index in [1.165, 1.54) is 32.0 Å². The van der Waals surface area contributed by atoms with Crippen LogP contribution in [0.1, 0.15) is 31.4 Å². The number of hydrogen-bond acceptors (Lipinski definition) is 3. The molecule has 2 N–H and O–H groups in total. The summed E-state index contributed by atoms with van der Waals surface area (Å²) in [7, 11) is 0. The van der Waals surface area contributed by atoms with E-state index in [1.54, 1.807) is 18.2 Å². The summed E-state index contributed by atoms with van der Waals surface area (Å²) in [5.41, 5.74) is 0.376.